The van der Waals surface area contributed by atoms with E-state index in [1.54, 1.807) is 12.1 Å². The van der Waals surface area contributed by atoms with Crippen LogP contribution in [0.1, 0.15) is 44.0 Å². The Balaban J connectivity index is 0.00000385. The molecule has 0 aliphatic carbocycles. The molecule has 0 radical (unpaired) electrons. The summed E-state index contributed by atoms with van der Waals surface area (Å²) in [6, 6.07) is 6.07. The molecule has 1 aliphatic heterocycles. The summed E-state index contributed by atoms with van der Waals surface area (Å²) in [5.74, 6) is 3.51. The maximum atomic E-state index is 13.0. The molecular formula is C24H37FIN5O2. The van der Waals surface area contributed by atoms with Crippen LogP contribution in [0.15, 0.2) is 33.7 Å². The molecule has 0 saturated carbocycles. The van der Waals surface area contributed by atoms with Gasteiger partial charge in [0.1, 0.15) is 23.4 Å². The third-order valence-electron chi connectivity index (χ3n) is 5.70. The molecule has 1 aliphatic rings. The fourth-order valence-corrected chi connectivity index (χ4v) is 3.73. The second-order valence-electron chi connectivity index (χ2n) is 8.45. The van der Waals surface area contributed by atoms with Crippen molar-refractivity contribution in [2.45, 2.75) is 53.2 Å². The fourth-order valence-electron chi connectivity index (χ4n) is 3.73. The van der Waals surface area contributed by atoms with Gasteiger partial charge in [-0.05, 0) is 83.8 Å². The molecule has 1 aromatic heterocycles. The average Bonchev–Trinajstić information content (AvgIpc) is 3.09. The molecule has 7 nitrogen and oxygen atoms in total. The Kier molecular flexibility index (Phi) is 11.4. The number of likely N-dealkylation sites (tertiary alicyclic amines) is 1. The zero-order chi connectivity index (χ0) is 22.9. The van der Waals surface area contributed by atoms with Crippen molar-refractivity contribution in [2.75, 3.05) is 32.7 Å². The van der Waals surface area contributed by atoms with Crippen molar-refractivity contribution in [3.63, 3.8) is 0 Å². The van der Waals surface area contributed by atoms with Crippen LogP contribution in [0.3, 0.4) is 0 Å². The van der Waals surface area contributed by atoms with Crippen molar-refractivity contribution >= 4 is 29.9 Å². The Morgan fingerprint density at radius 2 is 1.94 bits per heavy atom. The van der Waals surface area contributed by atoms with Gasteiger partial charge in [0.15, 0.2) is 5.96 Å². The summed E-state index contributed by atoms with van der Waals surface area (Å²) in [6.07, 6.45) is 2.16. The monoisotopic (exact) mass is 573 g/mol. The number of nitrogens with zero attached hydrogens (tertiary/aromatic N) is 3. The van der Waals surface area contributed by atoms with Gasteiger partial charge >= 0.3 is 0 Å². The van der Waals surface area contributed by atoms with E-state index in [4.69, 9.17) is 9.15 Å². The Morgan fingerprint density at radius 1 is 1.24 bits per heavy atom. The lowest BCUT2D eigenvalue weighted by Crippen LogP contribution is -2.43. The molecule has 2 aromatic rings. The lowest BCUT2D eigenvalue weighted by atomic mass is 9.97. The molecule has 0 bridgehead atoms. The van der Waals surface area contributed by atoms with Crippen LogP contribution in [0.5, 0.6) is 5.75 Å². The number of hydrogen-bond donors (Lipinski definition) is 2. The summed E-state index contributed by atoms with van der Waals surface area (Å²) in [7, 11) is 0. The Bertz CT molecular complexity index is 847. The quantitative estimate of drug-likeness (QED) is 0.265. The zero-order valence-corrected chi connectivity index (χ0v) is 22.4. The van der Waals surface area contributed by atoms with Crippen molar-refractivity contribution in [2.24, 2.45) is 10.9 Å². The maximum Gasteiger partial charge on any atom is 0.208 e. The molecule has 3 rings (SSSR count). The van der Waals surface area contributed by atoms with Gasteiger partial charge in [0.25, 0.3) is 0 Å². The van der Waals surface area contributed by atoms with Gasteiger partial charge < -0.3 is 19.8 Å². The van der Waals surface area contributed by atoms with E-state index < -0.39 is 0 Å². The fraction of sp³-hybridized carbons (Fsp3) is 0.583. The minimum atomic E-state index is -0.268. The highest BCUT2D eigenvalue weighted by molar-refractivity contribution is 14.0. The van der Waals surface area contributed by atoms with E-state index in [1.165, 1.54) is 12.1 Å². The van der Waals surface area contributed by atoms with Crippen molar-refractivity contribution < 1.29 is 13.5 Å². The first-order valence-corrected chi connectivity index (χ1v) is 11.5. The van der Waals surface area contributed by atoms with Crippen molar-refractivity contribution in [1.82, 2.24) is 20.5 Å². The van der Waals surface area contributed by atoms with Gasteiger partial charge in [-0.15, -0.1) is 24.0 Å². The summed E-state index contributed by atoms with van der Waals surface area (Å²) >= 11 is 0. The number of aryl methyl sites for hydroxylation is 2. The molecule has 2 N–H and O–H groups in total. The van der Waals surface area contributed by atoms with Crippen molar-refractivity contribution in [3.8, 4) is 5.75 Å². The highest BCUT2D eigenvalue weighted by Crippen LogP contribution is 2.19. The number of rotatable bonds is 9. The van der Waals surface area contributed by atoms with Crippen LogP contribution in [0.2, 0.25) is 0 Å². The van der Waals surface area contributed by atoms with E-state index in [0.29, 0.717) is 18.2 Å². The van der Waals surface area contributed by atoms with E-state index >= 15 is 0 Å². The third kappa shape index (κ3) is 9.11. The number of hydrogen-bond acceptors (Lipinski definition) is 5. The van der Waals surface area contributed by atoms with E-state index in [-0.39, 0.29) is 35.9 Å². The molecule has 33 heavy (non-hydrogen) atoms. The van der Waals surface area contributed by atoms with Gasteiger partial charge in [-0.25, -0.2) is 14.4 Å². The minimum absolute atomic E-state index is 0. The Morgan fingerprint density at radius 3 is 2.55 bits per heavy atom. The number of guanidine groups is 1. The lowest BCUT2D eigenvalue weighted by molar-refractivity contribution is 0.164. The number of nitrogens with one attached hydrogen (secondary N) is 2. The molecule has 1 unspecified atom stereocenters. The van der Waals surface area contributed by atoms with E-state index in [0.717, 1.165) is 68.9 Å². The van der Waals surface area contributed by atoms with E-state index in [2.05, 4.69) is 32.4 Å². The smallest absolute Gasteiger partial charge is 0.208 e. The van der Waals surface area contributed by atoms with Gasteiger partial charge in [0.05, 0.1) is 18.8 Å². The molecule has 0 amide bonds. The van der Waals surface area contributed by atoms with Crippen LogP contribution in [0, 0.1) is 25.6 Å². The van der Waals surface area contributed by atoms with Gasteiger partial charge in [0, 0.05) is 13.1 Å². The van der Waals surface area contributed by atoms with Crippen LogP contribution in [-0.4, -0.2) is 54.7 Å². The van der Waals surface area contributed by atoms with Crippen LogP contribution in [0.4, 0.5) is 4.39 Å². The second-order valence-corrected chi connectivity index (χ2v) is 8.45. The summed E-state index contributed by atoms with van der Waals surface area (Å²) in [5.41, 5.74) is 0.978. The molecule has 1 atom stereocenters. The average molecular weight is 573 g/mol. The Labute approximate surface area is 213 Å². The van der Waals surface area contributed by atoms with Gasteiger partial charge in [0.2, 0.25) is 5.89 Å². The molecule has 2 heterocycles. The summed E-state index contributed by atoms with van der Waals surface area (Å²) in [5, 5.41) is 6.78. The third-order valence-corrected chi connectivity index (χ3v) is 5.70. The minimum Gasteiger partial charge on any atom is -0.489 e. The predicted molar refractivity (Wildman–Crippen MR) is 140 cm³/mol. The number of aliphatic imine (C=N–C) groups is 1. The van der Waals surface area contributed by atoms with Crippen LogP contribution in [0.25, 0.3) is 0 Å². The van der Waals surface area contributed by atoms with Gasteiger partial charge in [-0.3, -0.25) is 4.90 Å². The molecule has 184 valence electrons. The first-order chi connectivity index (χ1) is 15.4. The normalized spacial score (nSPS) is 16.2. The topological polar surface area (TPSA) is 74.9 Å². The number of oxazole rings is 1. The summed E-state index contributed by atoms with van der Waals surface area (Å²) in [6.45, 7) is 13.0. The van der Waals surface area contributed by atoms with Crippen LogP contribution >= 0.6 is 24.0 Å². The van der Waals surface area contributed by atoms with Crippen LogP contribution < -0.4 is 15.4 Å². The summed E-state index contributed by atoms with van der Waals surface area (Å²) in [4.78, 5) is 11.6. The first-order valence-electron chi connectivity index (χ1n) is 11.5. The number of piperidine rings is 1. The predicted octanol–water partition coefficient (Wildman–Crippen LogP) is 4.28. The number of benzene rings is 1. The Hall–Kier alpha value is -1.88. The SMILES string of the molecule is CCNC(=NCC(C)Oc1ccc(F)cc1)NCC1CCN(Cc2nc(C)c(C)o2)CC1.I. The molecular weight excluding hydrogens is 536 g/mol. The van der Waals surface area contributed by atoms with Crippen molar-refractivity contribution in [3.05, 3.63) is 47.4 Å². The number of aromatic nitrogens is 1. The molecule has 1 saturated heterocycles. The molecule has 0 spiro atoms. The molecule has 1 aromatic carbocycles. The standard InChI is InChI=1S/C24H36FN5O2.HI/c1-5-26-24(27-14-17(2)31-22-8-6-21(25)7-9-22)28-15-20-10-12-30(13-11-20)16-23-29-18(3)19(4)32-23;/h6-9,17,20H,5,10-16H2,1-4H3,(H2,26,27,28);1H. The lowest BCUT2D eigenvalue weighted by Gasteiger charge is -2.31. The highest BCUT2D eigenvalue weighted by atomic mass is 127. The number of halogens is 2. The number of ether oxygens (including phenoxy) is 1. The first kappa shape index (κ1) is 27.4. The second kappa shape index (κ2) is 13.7. The van der Waals surface area contributed by atoms with E-state index in [1.807, 2.05) is 20.8 Å². The van der Waals surface area contributed by atoms with Gasteiger partial charge in [-0.1, -0.05) is 0 Å². The highest BCUT2D eigenvalue weighted by Gasteiger charge is 2.21. The summed E-state index contributed by atoms with van der Waals surface area (Å²) < 4.78 is 24.6. The van der Waals surface area contributed by atoms with Gasteiger partial charge in [-0.2, -0.15) is 0 Å². The van der Waals surface area contributed by atoms with Crippen molar-refractivity contribution in [1.29, 1.82) is 0 Å². The molecule has 1 fully saturated rings. The molecule has 9 heteroatoms. The maximum absolute atomic E-state index is 13.0. The van der Waals surface area contributed by atoms with Crippen LogP contribution in [-0.2, 0) is 6.54 Å². The largest absolute Gasteiger partial charge is 0.489 e. The van der Waals surface area contributed by atoms with E-state index in [9.17, 15) is 4.39 Å². The zero-order valence-electron chi connectivity index (χ0n) is 20.1.